The van der Waals surface area contributed by atoms with Crippen LogP contribution in [0.15, 0.2) is 67.3 Å². The zero-order chi connectivity index (χ0) is 26.1. The molecule has 1 amide bonds. The normalized spacial score (nSPS) is 14.3. The van der Waals surface area contributed by atoms with Crippen molar-refractivity contribution >= 4 is 22.6 Å². The SMILES string of the molecule is O=C(Cc1cnn(Cc2cccc(C(=O)N3CCC(O)CC3)c2)c1)c1n[nH]c2cc(-c3cn[nH]c3)ccc12. The summed E-state index contributed by atoms with van der Waals surface area (Å²) in [5, 5.41) is 29.0. The van der Waals surface area contributed by atoms with E-state index in [1.54, 1.807) is 22.0 Å². The fraction of sp³-hybridized carbons (Fsp3) is 0.250. The number of likely N-dealkylation sites (tertiary alicyclic amines) is 1. The molecule has 3 N–H and O–H groups in total. The van der Waals surface area contributed by atoms with Crippen LogP contribution in [0.25, 0.3) is 22.0 Å². The molecule has 3 aromatic heterocycles. The Morgan fingerprint density at radius 2 is 1.89 bits per heavy atom. The largest absolute Gasteiger partial charge is 0.393 e. The van der Waals surface area contributed by atoms with E-state index in [0.29, 0.717) is 43.7 Å². The van der Waals surface area contributed by atoms with Gasteiger partial charge in [-0.05, 0) is 53.8 Å². The molecule has 1 fully saturated rings. The summed E-state index contributed by atoms with van der Waals surface area (Å²) in [5.41, 5.74) is 5.50. The molecule has 6 rings (SSSR count). The van der Waals surface area contributed by atoms with Gasteiger partial charge in [0.15, 0.2) is 5.78 Å². The predicted molar refractivity (Wildman–Crippen MR) is 141 cm³/mol. The van der Waals surface area contributed by atoms with Crippen molar-refractivity contribution < 1.29 is 14.7 Å². The first kappa shape index (κ1) is 23.8. The molecule has 1 aliphatic rings. The van der Waals surface area contributed by atoms with Gasteiger partial charge in [-0.1, -0.05) is 18.2 Å². The fourth-order valence-electron chi connectivity index (χ4n) is 4.92. The number of piperidine rings is 1. The maximum absolute atomic E-state index is 13.1. The van der Waals surface area contributed by atoms with E-state index in [1.165, 1.54) is 0 Å². The van der Waals surface area contributed by atoms with Gasteiger partial charge in [0.1, 0.15) is 5.69 Å². The molecule has 1 saturated heterocycles. The fourth-order valence-corrected chi connectivity index (χ4v) is 4.92. The molecule has 10 heteroatoms. The lowest BCUT2D eigenvalue weighted by Crippen LogP contribution is -2.40. The molecule has 0 saturated carbocycles. The molecule has 0 unspecified atom stereocenters. The van der Waals surface area contributed by atoms with Crippen LogP contribution in [-0.4, -0.2) is 71.1 Å². The number of aromatic nitrogens is 6. The lowest BCUT2D eigenvalue weighted by molar-refractivity contribution is 0.0546. The van der Waals surface area contributed by atoms with Gasteiger partial charge in [0.05, 0.1) is 30.6 Å². The number of rotatable bonds is 7. The Morgan fingerprint density at radius 1 is 1.03 bits per heavy atom. The van der Waals surface area contributed by atoms with Crippen LogP contribution in [-0.2, 0) is 13.0 Å². The van der Waals surface area contributed by atoms with Crippen molar-refractivity contribution in [1.29, 1.82) is 0 Å². The summed E-state index contributed by atoms with van der Waals surface area (Å²) in [6, 6.07) is 13.3. The molecule has 0 radical (unpaired) electrons. The molecule has 2 aromatic carbocycles. The van der Waals surface area contributed by atoms with E-state index in [1.807, 2.05) is 54.9 Å². The van der Waals surface area contributed by atoms with Gasteiger partial charge in [0.2, 0.25) is 0 Å². The molecule has 0 spiro atoms. The zero-order valence-electron chi connectivity index (χ0n) is 20.7. The first-order valence-corrected chi connectivity index (χ1v) is 12.6. The second-order valence-electron chi connectivity index (χ2n) is 9.69. The van der Waals surface area contributed by atoms with E-state index in [9.17, 15) is 14.7 Å². The molecule has 5 aromatic rings. The van der Waals surface area contributed by atoms with Crippen molar-refractivity contribution in [2.24, 2.45) is 0 Å². The third-order valence-electron chi connectivity index (χ3n) is 6.98. The van der Waals surface area contributed by atoms with Crippen molar-refractivity contribution in [3.8, 4) is 11.1 Å². The van der Waals surface area contributed by atoms with Gasteiger partial charge < -0.3 is 10.0 Å². The number of benzene rings is 2. The highest BCUT2D eigenvalue weighted by molar-refractivity contribution is 6.07. The first-order chi connectivity index (χ1) is 18.5. The molecule has 10 nitrogen and oxygen atoms in total. The maximum Gasteiger partial charge on any atom is 0.253 e. The Kier molecular flexibility index (Phi) is 6.30. The number of hydrogen-bond acceptors (Lipinski definition) is 6. The molecule has 0 bridgehead atoms. The number of Topliss-reactive ketones (excluding diaryl/α,β-unsaturated/α-hetero) is 1. The summed E-state index contributed by atoms with van der Waals surface area (Å²) >= 11 is 0. The van der Waals surface area contributed by atoms with E-state index in [4.69, 9.17) is 0 Å². The highest BCUT2D eigenvalue weighted by Crippen LogP contribution is 2.25. The Hall–Kier alpha value is -4.57. The summed E-state index contributed by atoms with van der Waals surface area (Å²) in [4.78, 5) is 27.8. The molecular weight excluding hydrogens is 482 g/mol. The average molecular weight is 510 g/mol. The van der Waals surface area contributed by atoms with Gasteiger partial charge in [-0.3, -0.25) is 24.5 Å². The average Bonchev–Trinajstić information content (AvgIpc) is 3.70. The van der Waals surface area contributed by atoms with Crippen LogP contribution in [0, 0.1) is 0 Å². The van der Waals surface area contributed by atoms with Crippen molar-refractivity contribution in [1.82, 2.24) is 35.1 Å². The predicted octanol–water partition coefficient (Wildman–Crippen LogP) is 3.22. The Morgan fingerprint density at radius 3 is 2.71 bits per heavy atom. The quantitative estimate of drug-likeness (QED) is 0.289. The number of amides is 1. The lowest BCUT2D eigenvalue weighted by Gasteiger charge is -2.29. The van der Waals surface area contributed by atoms with Crippen molar-refractivity contribution in [2.75, 3.05) is 13.1 Å². The van der Waals surface area contributed by atoms with E-state index in [2.05, 4.69) is 25.5 Å². The van der Waals surface area contributed by atoms with Crippen LogP contribution >= 0.6 is 0 Å². The zero-order valence-corrected chi connectivity index (χ0v) is 20.7. The number of carbonyl (C=O) groups excluding carboxylic acids is 2. The molecule has 0 atom stereocenters. The number of hydrogen-bond donors (Lipinski definition) is 3. The van der Waals surface area contributed by atoms with E-state index in [0.717, 1.165) is 33.2 Å². The third-order valence-corrected chi connectivity index (χ3v) is 6.98. The van der Waals surface area contributed by atoms with Gasteiger partial charge in [-0.25, -0.2) is 0 Å². The smallest absolute Gasteiger partial charge is 0.253 e. The standard InChI is InChI=1S/C28H27N7O3/c36-23-6-8-34(9-7-23)28(38)21-3-1-2-18(10-21)16-35-17-19(13-31-35)11-26(37)27-24-5-4-20(12-25(24)32-33-27)22-14-29-30-15-22/h1-5,10,12-15,17,23,36H,6-9,11,16H2,(H,29,30)(H,32,33). The molecule has 38 heavy (non-hydrogen) atoms. The molecule has 1 aliphatic heterocycles. The number of nitrogens with zero attached hydrogens (tertiary/aromatic N) is 5. The minimum atomic E-state index is -0.321. The molecular formula is C28H27N7O3. The molecule has 4 heterocycles. The second-order valence-corrected chi connectivity index (χ2v) is 9.69. The van der Waals surface area contributed by atoms with E-state index >= 15 is 0 Å². The highest BCUT2D eigenvalue weighted by Gasteiger charge is 2.22. The minimum absolute atomic E-state index is 0.0198. The van der Waals surface area contributed by atoms with Crippen molar-refractivity contribution in [3.63, 3.8) is 0 Å². The summed E-state index contributed by atoms with van der Waals surface area (Å²) in [6.07, 6.45) is 8.19. The number of H-pyrrole nitrogens is 2. The van der Waals surface area contributed by atoms with Gasteiger partial charge in [-0.2, -0.15) is 15.3 Å². The van der Waals surface area contributed by atoms with E-state index < -0.39 is 0 Å². The van der Waals surface area contributed by atoms with Crippen molar-refractivity contribution in [2.45, 2.75) is 31.9 Å². The van der Waals surface area contributed by atoms with Crippen LogP contribution < -0.4 is 0 Å². The topological polar surface area (TPSA) is 133 Å². The third kappa shape index (κ3) is 4.85. The monoisotopic (exact) mass is 509 g/mol. The van der Waals surface area contributed by atoms with Crippen LogP contribution in [0.5, 0.6) is 0 Å². The summed E-state index contributed by atoms with van der Waals surface area (Å²) < 4.78 is 1.77. The van der Waals surface area contributed by atoms with Crippen LogP contribution in [0.1, 0.15) is 44.8 Å². The lowest BCUT2D eigenvalue weighted by atomic mass is 10.0. The van der Waals surface area contributed by atoms with Crippen LogP contribution in [0.2, 0.25) is 0 Å². The number of carbonyl (C=O) groups is 2. The van der Waals surface area contributed by atoms with Crippen LogP contribution in [0.4, 0.5) is 0 Å². The van der Waals surface area contributed by atoms with Gasteiger partial charge >= 0.3 is 0 Å². The number of fused-ring (bicyclic) bond motifs is 1. The second kappa shape index (κ2) is 10.1. The minimum Gasteiger partial charge on any atom is -0.393 e. The summed E-state index contributed by atoms with van der Waals surface area (Å²) in [6.45, 7) is 1.62. The highest BCUT2D eigenvalue weighted by atomic mass is 16.3. The number of ketones is 1. The van der Waals surface area contributed by atoms with Crippen LogP contribution in [0.3, 0.4) is 0 Å². The Balaban J connectivity index is 1.12. The maximum atomic E-state index is 13.1. The number of aliphatic hydroxyl groups excluding tert-OH is 1. The first-order valence-electron chi connectivity index (χ1n) is 12.6. The van der Waals surface area contributed by atoms with Crippen molar-refractivity contribution in [3.05, 3.63) is 89.6 Å². The molecule has 0 aliphatic carbocycles. The number of aromatic amines is 2. The molecule has 192 valence electrons. The number of aliphatic hydroxyl groups is 1. The Labute approximate surface area is 218 Å². The number of nitrogens with one attached hydrogen (secondary N) is 2. The Bertz CT molecular complexity index is 1590. The summed E-state index contributed by atoms with van der Waals surface area (Å²) in [7, 11) is 0. The van der Waals surface area contributed by atoms with Gasteiger partial charge in [-0.15, -0.1) is 0 Å². The van der Waals surface area contributed by atoms with Gasteiger partial charge in [0.25, 0.3) is 5.91 Å². The van der Waals surface area contributed by atoms with Gasteiger partial charge in [0, 0.05) is 48.4 Å². The summed E-state index contributed by atoms with van der Waals surface area (Å²) in [5.74, 6) is -0.111. The van der Waals surface area contributed by atoms with E-state index in [-0.39, 0.29) is 24.2 Å².